The number of ketones is 1. The summed E-state index contributed by atoms with van der Waals surface area (Å²) in [5.74, 6) is 0.227. The Morgan fingerprint density at radius 2 is 2.00 bits per heavy atom. The van der Waals surface area contributed by atoms with Crippen LogP contribution in [0.2, 0.25) is 0 Å². The molecule has 0 bridgehead atoms. The van der Waals surface area contributed by atoms with E-state index in [4.69, 9.17) is 11.6 Å². The largest absolute Gasteiger partial charge is 0.293 e. The van der Waals surface area contributed by atoms with E-state index in [0.29, 0.717) is 5.56 Å². The standard InChI is InChI=1S/C9H9ClOS/c10-6-8(12)9(11)7-4-2-1-3-5-7/h1-5,8,12H,6H2. The molecule has 12 heavy (non-hydrogen) atoms. The molecule has 0 heterocycles. The van der Waals surface area contributed by atoms with E-state index in [0.717, 1.165) is 0 Å². The van der Waals surface area contributed by atoms with Crippen molar-refractivity contribution < 1.29 is 4.79 Å². The monoisotopic (exact) mass is 200 g/mol. The molecule has 0 amide bonds. The van der Waals surface area contributed by atoms with Gasteiger partial charge in [0.05, 0.1) is 5.25 Å². The molecule has 0 aromatic heterocycles. The molecule has 0 saturated carbocycles. The highest BCUT2D eigenvalue weighted by atomic mass is 35.5. The van der Waals surface area contributed by atoms with Gasteiger partial charge in [-0.1, -0.05) is 30.3 Å². The van der Waals surface area contributed by atoms with Crippen molar-refractivity contribution >= 4 is 30.0 Å². The fraction of sp³-hybridized carbons (Fsp3) is 0.222. The first-order valence-corrected chi connectivity index (χ1v) is 4.64. The Bertz CT molecular complexity index is 260. The number of halogens is 1. The van der Waals surface area contributed by atoms with Gasteiger partial charge in [-0.25, -0.2) is 0 Å². The second-order valence-corrected chi connectivity index (χ2v) is 3.33. The maximum absolute atomic E-state index is 11.4. The van der Waals surface area contributed by atoms with E-state index in [2.05, 4.69) is 12.6 Å². The number of thiol groups is 1. The summed E-state index contributed by atoms with van der Waals surface area (Å²) in [5, 5.41) is -0.394. The molecule has 3 heteroatoms. The second-order valence-electron chi connectivity index (χ2n) is 2.40. The predicted molar refractivity (Wildman–Crippen MR) is 54.3 cm³/mol. The SMILES string of the molecule is O=C(c1ccccc1)C(S)CCl. The maximum Gasteiger partial charge on any atom is 0.176 e. The fourth-order valence-electron chi connectivity index (χ4n) is 0.865. The van der Waals surface area contributed by atoms with Crippen LogP contribution in [0.4, 0.5) is 0 Å². The van der Waals surface area contributed by atoms with Crippen LogP contribution in [0.5, 0.6) is 0 Å². The lowest BCUT2D eigenvalue weighted by atomic mass is 10.1. The van der Waals surface area contributed by atoms with Crippen LogP contribution in [-0.2, 0) is 0 Å². The molecule has 0 saturated heterocycles. The van der Waals surface area contributed by atoms with E-state index in [-0.39, 0.29) is 11.7 Å². The number of alkyl halides is 1. The van der Waals surface area contributed by atoms with Crippen LogP contribution in [0.25, 0.3) is 0 Å². The van der Waals surface area contributed by atoms with E-state index in [1.807, 2.05) is 18.2 Å². The van der Waals surface area contributed by atoms with Crippen molar-refractivity contribution in [2.24, 2.45) is 0 Å². The van der Waals surface area contributed by atoms with E-state index in [1.165, 1.54) is 0 Å². The summed E-state index contributed by atoms with van der Waals surface area (Å²) >= 11 is 9.55. The van der Waals surface area contributed by atoms with Gasteiger partial charge in [-0.3, -0.25) is 4.79 Å². The molecular formula is C9H9ClOS. The first-order chi connectivity index (χ1) is 5.75. The highest BCUT2D eigenvalue weighted by Crippen LogP contribution is 2.08. The van der Waals surface area contributed by atoms with Crippen LogP contribution in [0.15, 0.2) is 30.3 Å². The van der Waals surface area contributed by atoms with Crippen molar-refractivity contribution in [1.29, 1.82) is 0 Å². The van der Waals surface area contributed by atoms with Crippen LogP contribution in [-0.4, -0.2) is 16.9 Å². The van der Waals surface area contributed by atoms with Gasteiger partial charge in [0.1, 0.15) is 0 Å². The van der Waals surface area contributed by atoms with Crippen molar-refractivity contribution in [2.45, 2.75) is 5.25 Å². The molecule has 0 N–H and O–H groups in total. The first kappa shape index (κ1) is 9.62. The van der Waals surface area contributed by atoms with Crippen LogP contribution >= 0.6 is 24.2 Å². The van der Waals surface area contributed by atoms with Crippen molar-refractivity contribution in [3.8, 4) is 0 Å². The van der Waals surface area contributed by atoms with E-state index >= 15 is 0 Å². The van der Waals surface area contributed by atoms with Gasteiger partial charge in [0.2, 0.25) is 0 Å². The van der Waals surface area contributed by atoms with Gasteiger partial charge < -0.3 is 0 Å². The van der Waals surface area contributed by atoms with Crippen LogP contribution in [0.1, 0.15) is 10.4 Å². The van der Waals surface area contributed by atoms with Crippen molar-refractivity contribution in [1.82, 2.24) is 0 Å². The highest BCUT2D eigenvalue weighted by Gasteiger charge is 2.13. The summed E-state index contributed by atoms with van der Waals surface area (Å²) in [7, 11) is 0. The number of Topliss-reactive ketones (excluding diaryl/α,β-unsaturated/α-hetero) is 1. The molecular weight excluding hydrogens is 192 g/mol. The van der Waals surface area contributed by atoms with E-state index < -0.39 is 5.25 Å². The number of hydrogen-bond donors (Lipinski definition) is 1. The molecule has 0 radical (unpaired) electrons. The molecule has 0 aliphatic rings. The molecule has 0 aliphatic carbocycles. The van der Waals surface area contributed by atoms with Gasteiger partial charge in [-0.15, -0.1) is 11.6 Å². The molecule has 1 nitrogen and oxygen atoms in total. The van der Waals surface area contributed by atoms with Crippen molar-refractivity contribution in [3.05, 3.63) is 35.9 Å². The lowest BCUT2D eigenvalue weighted by molar-refractivity contribution is 0.0995. The normalized spacial score (nSPS) is 12.5. The Morgan fingerprint density at radius 3 is 2.50 bits per heavy atom. The predicted octanol–water partition coefficient (Wildman–Crippen LogP) is 2.41. The Kier molecular flexibility index (Phi) is 3.63. The van der Waals surface area contributed by atoms with Gasteiger partial charge in [0.25, 0.3) is 0 Å². The molecule has 1 atom stereocenters. The summed E-state index contributed by atoms with van der Waals surface area (Å²) < 4.78 is 0. The number of carbonyl (C=O) groups excluding carboxylic acids is 1. The molecule has 1 aromatic carbocycles. The zero-order valence-electron chi connectivity index (χ0n) is 6.40. The highest BCUT2D eigenvalue weighted by molar-refractivity contribution is 7.82. The minimum Gasteiger partial charge on any atom is -0.293 e. The Hall–Kier alpha value is -0.470. The summed E-state index contributed by atoms with van der Waals surface area (Å²) in [6, 6.07) is 9.03. The summed E-state index contributed by atoms with van der Waals surface area (Å²) in [4.78, 5) is 11.4. The number of hydrogen-bond acceptors (Lipinski definition) is 2. The van der Waals surface area contributed by atoms with Crippen LogP contribution in [0, 0.1) is 0 Å². The third kappa shape index (κ3) is 2.26. The summed E-state index contributed by atoms with van der Waals surface area (Å²) in [5.41, 5.74) is 0.665. The summed E-state index contributed by atoms with van der Waals surface area (Å²) in [6.45, 7) is 0. The number of carbonyl (C=O) groups is 1. The number of rotatable bonds is 3. The first-order valence-electron chi connectivity index (χ1n) is 3.59. The van der Waals surface area contributed by atoms with Crippen LogP contribution in [0.3, 0.4) is 0 Å². The average molecular weight is 201 g/mol. The smallest absolute Gasteiger partial charge is 0.176 e. The molecule has 0 fully saturated rings. The van der Waals surface area contributed by atoms with Gasteiger partial charge in [0, 0.05) is 11.4 Å². The zero-order valence-corrected chi connectivity index (χ0v) is 8.05. The van der Waals surface area contributed by atoms with Crippen LogP contribution < -0.4 is 0 Å². The molecule has 64 valence electrons. The lowest BCUT2D eigenvalue weighted by Crippen LogP contribution is -2.15. The maximum atomic E-state index is 11.4. The van der Waals surface area contributed by atoms with E-state index in [9.17, 15) is 4.79 Å². The van der Waals surface area contributed by atoms with Gasteiger partial charge >= 0.3 is 0 Å². The minimum absolute atomic E-state index is 0.0195. The number of benzene rings is 1. The molecule has 1 unspecified atom stereocenters. The third-order valence-corrected chi connectivity index (χ3v) is 2.45. The molecule has 0 spiro atoms. The Balaban J connectivity index is 2.79. The van der Waals surface area contributed by atoms with Gasteiger partial charge in [-0.2, -0.15) is 12.6 Å². The third-order valence-electron chi connectivity index (χ3n) is 1.51. The molecule has 0 aliphatic heterocycles. The Labute approximate surface area is 82.1 Å². The van der Waals surface area contributed by atoms with E-state index in [1.54, 1.807) is 12.1 Å². The quantitative estimate of drug-likeness (QED) is 0.451. The summed E-state index contributed by atoms with van der Waals surface area (Å²) in [6.07, 6.45) is 0. The molecule has 1 aromatic rings. The van der Waals surface area contributed by atoms with Gasteiger partial charge in [-0.05, 0) is 0 Å². The topological polar surface area (TPSA) is 17.1 Å². The van der Waals surface area contributed by atoms with Crippen molar-refractivity contribution in [3.63, 3.8) is 0 Å². The second kappa shape index (κ2) is 4.53. The van der Waals surface area contributed by atoms with Gasteiger partial charge in [0.15, 0.2) is 5.78 Å². The zero-order chi connectivity index (χ0) is 8.97. The molecule has 1 rings (SSSR count). The Morgan fingerprint density at radius 1 is 1.42 bits per heavy atom. The average Bonchev–Trinajstić information content (AvgIpc) is 2.17. The fourth-order valence-corrected chi connectivity index (χ4v) is 1.15. The minimum atomic E-state index is -0.394. The van der Waals surface area contributed by atoms with Crippen molar-refractivity contribution in [2.75, 3.05) is 5.88 Å². The lowest BCUT2D eigenvalue weighted by Gasteiger charge is -2.04.